The van der Waals surface area contributed by atoms with Crippen LogP contribution in [-0.4, -0.2) is 4.98 Å². The van der Waals surface area contributed by atoms with Crippen LogP contribution in [0.3, 0.4) is 0 Å². The number of halogens is 2. The van der Waals surface area contributed by atoms with E-state index in [1.807, 2.05) is 0 Å². The quantitative estimate of drug-likeness (QED) is 0.750. The lowest BCUT2D eigenvalue weighted by Gasteiger charge is -2.07. The van der Waals surface area contributed by atoms with Crippen molar-refractivity contribution >= 4 is 22.6 Å². The highest BCUT2D eigenvalue weighted by Crippen LogP contribution is 2.33. The molecule has 1 heterocycles. The minimum atomic E-state index is -0.838. The number of rotatable bonds is 1. The van der Waals surface area contributed by atoms with Crippen molar-refractivity contribution in [3.63, 3.8) is 0 Å². The second-order valence-corrected chi connectivity index (χ2v) is 4.55. The van der Waals surface area contributed by atoms with Gasteiger partial charge in [0.1, 0.15) is 11.4 Å². The van der Waals surface area contributed by atoms with Crippen LogP contribution >= 0.6 is 11.6 Å². The predicted molar refractivity (Wildman–Crippen MR) is 73.5 cm³/mol. The number of H-pyrrole nitrogens is 1. The molecule has 100 valence electrons. The van der Waals surface area contributed by atoms with Gasteiger partial charge < -0.3 is 4.42 Å². The molecule has 2 aromatic carbocycles. The number of aromatic nitrogens is 1. The average molecular weight is 292 g/mol. The number of hydrogen-bond acceptors (Lipinski definition) is 3. The minimum Gasteiger partial charge on any atom is -0.409 e. The molecule has 0 amide bonds. The van der Waals surface area contributed by atoms with Crippen molar-refractivity contribution < 1.29 is 8.81 Å². The van der Waals surface area contributed by atoms with Crippen LogP contribution in [0, 0.1) is 5.82 Å². The van der Waals surface area contributed by atoms with E-state index in [4.69, 9.17) is 16.0 Å². The zero-order chi connectivity index (χ0) is 14.3. The zero-order valence-electron chi connectivity index (χ0n) is 9.94. The Morgan fingerprint density at radius 2 is 1.75 bits per heavy atom. The summed E-state index contributed by atoms with van der Waals surface area (Å²) in [6.45, 7) is 0. The van der Waals surface area contributed by atoms with Gasteiger partial charge in [0.25, 0.3) is 5.56 Å². The number of aromatic amines is 1. The lowest BCUT2D eigenvalue weighted by atomic mass is 10.0. The van der Waals surface area contributed by atoms with Crippen LogP contribution in [0.2, 0.25) is 5.02 Å². The van der Waals surface area contributed by atoms with Crippen LogP contribution in [0.15, 0.2) is 50.4 Å². The summed E-state index contributed by atoms with van der Waals surface area (Å²) < 4.78 is 17.9. The summed E-state index contributed by atoms with van der Waals surface area (Å²) in [6.07, 6.45) is 0. The summed E-state index contributed by atoms with van der Waals surface area (Å²) in [5, 5.41) is 0.465. The van der Waals surface area contributed by atoms with Gasteiger partial charge in [-0.3, -0.25) is 9.78 Å². The molecule has 20 heavy (non-hydrogen) atoms. The molecule has 3 rings (SSSR count). The molecule has 0 bridgehead atoms. The van der Waals surface area contributed by atoms with E-state index >= 15 is 0 Å². The minimum absolute atomic E-state index is 0.127. The Bertz CT molecular complexity index is 912. The first-order chi connectivity index (χ1) is 9.56. The molecular formula is C14H7ClFNO3. The SMILES string of the molecule is O=c1[nH]c(=O)c2c(-c3ccc(F)cc3)c(Cl)ccc2o1. The van der Waals surface area contributed by atoms with Gasteiger partial charge in [-0.2, -0.15) is 0 Å². The summed E-state index contributed by atoms with van der Waals surface area (Å²) in [7, 11) is 0. The highest BCUT2D eigenvalue weighted by atomic mass is 35.5. The van der Waals surface area contributed by atoms with E-state index in [-0.39, 0.29) is 11.0 Å². The van der Waals surface area contributed by atoms with Gasteiger partial charge >= 0.3 is 5.76 Å². The normalized spacial score (nSPS) is 10.9. The number of hydrogen-bond donors (Lipinski definition) is 1. The maximum atomic E-state index is 13.0. The monoisotopic (exact) mass is 291 g/mol. The van der Waals surface area contributed by atoms with Gasteiger partial charge in [0.2, 0.25) is 0 Å². The van der Waals surface area contributed by atoms with E-state index < -0.39 is 17.1 Å². The van der Waals surface area contributed by atoms with Crippen molar-refractivity contribution in [1.29, 1.82) is 0 Å². The zero-order valence-corrected chi connectivity index (χ0v) is 10.7. The van der Waals surface area contributed by atoms with Crippen LogP contribution in [-0.2, 0) is 0 Å². The Labute approximate surface area is 116 Å². The molecule has 0 fully saturated rings. The van der Waals surface area contributed by atoms with E-state index in [1.165, 1.54) is 36.4 Å². The Morgan fingerprint density at radius 3 is 2.45 bits per heavy atom. The first-order valence-corrected chi connectivity index (χ1v) is 6.05. The van der Waals surface area contributed by atoms with Gasteiger partial charge in [-0.05, 0) is 29.8 Å². The highest BCUT2D eigenvalue weighted by molar-refractivity contribution is 6.34. The van der Waals surface area contributed by atoms with Gasteiger partial charge in [0, 0.05) is 10.6 Å². The number of fused-ring (bicyclic) bond motifs is 1. The maximum Gasteiger partial charge on any atom is 0.419 e. The third kappa shape index (κ3) is 2.02. The Balaban J connectivity index is 2.46. The molecule has 3 aromatic rings. The molecule has 1 aromatic heterocycles. The summed E-state index contributed by atoms with van der Waals surface area (Å²) in [4.78, 5) is 25.2. The van der Waals surface area contributed by atoms with Gasteiger partial charge in [0.15, 0.2) is 0 Å². The fraction of sp³-hybridized carbons (Fsp3) is 0. The molecule has 0 spiro atoms. The van der Waals surface area contributed by atoms with Crippen LogP contribution < -0.4 is 11.3 Å². The lowest BCUT2D eigenvalue weighted by Crippen LogP contribution is -2.18. The molecule has 1 N–H and O–H groups in total. The maximum absolute atomic E-state index is 13.0. The Kier molecular flexibility index (Phi) is 2.91. The van der Waals surface area contributed by atoms with Crippen molar-refractivity contribution in [2.24, 2.45) is 0 Å². The topological polar surface area (TPSA) is 63.1 Å². The average Bonchev–Trinajstić information content (AvgIpc) is 2.40. The second kappa shape index (κ2) is 4.61. The van der Waals surface area contributed by atoms with E-state index in [2.05, 4.69) is 4.98 Å². The number of benzene rings is 2. The van der Waals surface area contributed by atoms with Gasteiger partial charge in [-0.25, -0.2) is 9.18 Å². The Hall–Kier alpha value is -2.40. The number of nitrogens with one attached hydrogen (secondary N) is 1. The summed E-state index contributed by atoms with van der Waals surface area (Å²) in [5.74, 6) is -1.24. The van der Waals surface area contributed by atoms with Crippen molar-refractivity contribution in [2.45, 2.75) is 0 Å². The molecule has 0 saturated heterocycles. The largest absolute Gasteiger partial charge is 0.419 e. The molecule has 0 aliphatic heterocycles. The lowest BCUT2D eigenvalue weighted by molar-refractivity contribution is 0.528. The molecule has 0 aliphatic rings. The highest BCUT2D eigenvalue weighted by Gasteiger charge is 2.14. The smallest absolute Gasteiger partial charge is 0.409 e. The summed E-state index contributed by atoms with van der Waals surface area (Å²) in [5.41, 5.74) is 0.482. The molecular weight excluding hydrogens is 285 g/mol. The summed E-state index contributed by atoms with van der Waals surface area (Å²) in [6, 6.07) is 8.49. The van der Waals surface area contributed by atoms with E-state index in [1.54, 1.807) is 0 Å². The molecule has 0 unspecified atom stereocenters. The van der Waals surface area contributed by atoms with E-state index in [0.717, 1.165) is 0 Å². The molecule has 4 nitrogen and oxygen atoms in total. The van der Waals surface area contributed by atoms with Crippen molar-refractivity contribution in [3.8, 4) is 11.1 Å². The standard InChI is InChI=1S/C14H7ClFNO3/c15-9-5-6-10-12(13(18)17-14(19)20-10)11(9)7-1-3-8(16)4-2-7/h1-6H,(H,17,18,19). The van der Waals surface area contributed by atoms with Crippen molar-refractivity contribution in [3.05, 3.63) is 68.1 Å². The van der Waals surface area contributed by atoms with E-state index in [9.17, 15) is 14.0 Å². The molecule has 0 saturated carbocycles. The second-order valence-electron chi connectivity index (χ2n) is 4.15. The van der Waals surface area contributed by atoms with Crippen LogP contribution in [0.5, 0.6) is 0 Å². The third-order valence-electron chi connectivity index (χ3n) is 2.89. The van der Waals surface area contributed by atoms with Gasteiger partial charge in [-0.1, -0.05) is 23.7 Å². The van der Waals surface area contributed by atoms with Crippen molar-refractivity contribution in [1.82, 2.24) is 4.98 Å². The fourth-order valence-corrected chi connectivity index (χ4v) is 2.31. The molecule has 0 atom stereocenters. The van der Waals surface area contributed by atoms with Gasteiger partial charge in [-0.15, -0.1) is 0 Å². The van der Waals surface area contributed by atoms with Crippen LogP contribution in [0.25, 0.3) is 22.1 Å². The molecule has 0 aliphatic carbocycles. The first-order valence-electron chi connectivity index (χ1n) is 5.68. The van der Waals surface area contributed by atoms with Crippen LogP contribution in [0.4, 0.5) is 4.39 Å². The van der Waals surface area contributed by atoms with Gasteiger partial charge in [0.05, 0.1) is 5.39 Å². The van der Waals surface area contributed by atoms with Crippen LogP contribution in [0.1, 0.15) is 0 Å². The first kappa shape index (κ1) is 12.6. The molecule has 0 radical (unpaired) electrons. The third-order valence-corrected chi connectivity index (χ3v) is 3.21. The van der Waals surface area contributed by atoms with Crippen molar-refractivity contribution in [2.75, 3.05) is 0 Å². The molecule has 6 heteroatoms. The Morgan fingerprint density at radius 1 is 1.05 bits per heavy atom. The van der Waals surface area contributed by atoms with E-state index in [0.29, 0.717) is 16.1 Å². The fourth-order valence-electron chi connectivity index (χ4n) is 2.05. The predicted octanol–water partition coefficient (Wildman–Crippen LogP) is 2.94. The summed E-state index contributed by atoms with van der Waals surface area (Å²) >= 11 is 6.12.